The minimum absolute atomic E-state index is 0.0214. The summed E-state index contributed by atoms with van der Waals surface area (Å²) in [6, 6.07) is 0. The normalized spacial score (nSPS) is 28.2. The van der Waals surface area contributed by atoms with Crippen LogP contribution in [0.3, 0.4) is 0 Å². The van der Waals surface area contributed by atoms with Gasteiger partial charge < -0.3 is 0 Å². The quantitative estimate of drug-likeness (QED) is 0.524. The zero-order chi connectivity index (χ0) is 7.73. The van der Waals surface area contributed by atoms with E-state index in [0.717, 1.165) is 12.8 Å². The Morgan fingerprint density at radius 1 is 1.18 bits per heavy atom. The Morgan fingerprint density at radius 3 is 2.45 bits per heavy atom. The molecule has 1 aliphatic carbocycles. The van der Waals surface area contributed by atoms with Gasteiger partial charge in [0.1, 0.15) is 0 Å². The van der Waals surface area contributed by atoms with Crippen molar-refractivity contribution in [1.29, 1.82) is 0 Å². The SMILES string of the molecule is O=C1CC2(CCCCC2)N=N1. The summed E-state index contributed by atoms with van der Waals surface area (Å²) in [5, 5.41) is 7.68. The number of rotatable bonds is 0. The predicted molar refractivity (Wildman–Crippen MR) is 40.3 cm³/mol. The van der Waals surface area contributed by atoms with Crippen molar-refractivity contribution in [3.63, 3.8) is 0 Å². The smallest absolute Gasteiger partial charge is 0.266 e. The first-order valence-corrected chi connectivity index (χ1v) is 4.27. The molecule has 2 rings (SSSR count). The molecule has 0 radical (unpaired) electrons. The summed E-state index contributed by atoms with van der Waals surface area (Å²) in [5.74, 6) is -0.0214. The number of hydrogen-bond acceptors (Lipinski definition) is 2. The van der Waals surface area contributed by atoms with Crippen molar-refractivity contribution in [2.45, 2.75) is 44.1 Å². The van der Waals surface area contributed by atoms with E-state index in [0.29, 0.717) is 6.42 Å². The van der Waals surface area contributed by atoms with Gasteiger partial charge in [-0.3, -0.25) is 4.79 Å². The topological polar surface area (TPSA) is 41.8 Å². The molecule has 0 unspecified atom stereocenters. The molecule has 2 aliphatic rings. The van der Waals surface area contributed by atoms with Gasteiger partial charge in [0.05, 0.1) is 12.0 Å². The van der Waals surface area contributed by atoms with Gasteiger partial charge in [-0.05, 0) is 12.8 Å². The summed E-state index contributed by atoms with van der Waals surface area (Å²) in [6.45, 7) is 0. The van der Waals surface area contributed by atoms with E-state index in [4.69, 9.17) is 0 Å². The summed E-state index contributed by atoms with van der Waals surface area (Å²) >= 11 is 0. The van der Waals surface area contributed by atoms with Crippen LogP contribution in [0.1, 0.15) is 38.5 Å². The second-order valence-corrected chi connectivity index (χ2v) is 3.56. The van der Waals surface area contributed by atoms with E-state index in [1.165, 1.54) is 19.3 Å². The molecule has 0 atom stereocenters. The van der Waals surface area contributed by atoms with E-state index >= 15 is 0 Å². The third-order valence-electron chi connectivity index (χ3n) is 2.64. The summed E-state index contributed by atoms with van der Waals surface area (Å²) in [7, 11) is 0. The highest BCUT2D eigenvalue weighted by molar-refractivity contribution is 5.79. The highest BCUT2D eigenvalue weighted by atomic mass is 16.2. The molecular formula is C8H12N2O. The number of amides is 1. The number of hydrogen-bond donors (Lipinski definition) is 0. The Labute approximate surface area is 65.9 Å². The monoisotopic (exact) mass is 152 g/mol. The average Bonchev–Trinajstić information content (AvgIpc) is 2.34. The van der Waals surface area contributed by atoms with E-state index in [1.54, 1.807) is 0 Å². The van der Waals surface area contributed by atoms with Gasteiger partial charge in [0, 0.05) is 0 Å². The van der Waals surface area contributed by atoms with Crippen molar-refractivity contribution < 1.29 is 4.79 Å². The van der Waals surface area contributed by atoms with Gasteiger partial charge in [0.2, 0.25) is 0 Å². The fraction of sp³-hybridized carbons (Fsp3) is 0.875. The van der Waals surface area contributed by atoms with Crippen LogP contribution < -0.4 is 0 Å². The molecule has 11 heavy (non-hydrogen) atoms. The molecule has 1 amide bonds. The lowest BCUT2D eigenvalue weighted by atomic mass is 9.81. The van der Waals surface area contributed by atoms with Crippen molar-refractivity contribution >= 4 is 5.91 Å². The molecule has 3 nitrogen and oxygen atoms in total. The van der Waals surface area contributed by atoms with E-state index in [1.807, 2.05) is 0 Å². The zero-order valence-electron chi connectivity index (χ0n) is 6.55. The van der Waals surface area contributed by atoms with Gasteiger partial charge in [0.25, 0.3) is 5.91 Å². The summed E-state index contributed by atoms with van der Waals surface area (Å²) in [5.41, 5.74) is -0.0463. The van der Waals surface area contributed by atoms with Gasteiger partial charge in [-0.2, -0.15) is 5.11 Å². The summed E-state index contributed by atoms with van der Waals surface area (Å²) in [4.78, 5) is 10.9. The van der Waals surface area contributed by atoms with Crippen molar-refractivity contribution in [3.05, 3.63) is 0 Å². The minimum atomic E-state index is -0.0463. The minimum Gasteiger partial charge on any atom is -0.271 e. The van der Waals surface area contributed by atoms with Crippen molar-refractivity contribution in [3.8, 4) is 0 Å². The molecule has 0 N–H and O–H groups in total. The number of nitrogens with zero attached hydrogens (tertiary/aromatic N) is 2. The maximum atomic E-state index is 10.9. The fourth-order valence-corrected chi connectivity index (χ4v) is 2.00. The highest BCUT2D eigenvalue weighted by Gasteiger charge is 2.38. The largest absolute Gasteiger partial charge is 0.271 e. The molecule has 1 spiro atoms. The molecule has 60 valence electrons. The van der Waals surface area contributed by atoms with Crippen molar-refractivity contribution in [1.82, 2.24) is 0 Å². The first-order valence-electron chi connectivity index (χ1n) is 4.27. The maximum absolute atomic E-state index is 10.9. The van der Waals surface area contributed by atoms with Crippen LogP contribution in [0.2, 0.25) is 0 Å². The molecule has 1 saturated carbocycles. The molecule has 0 aromatic heterocycles. The molecule has 0 aromatic carbocycles. The second kappa shape index (κ2) is 2.40. The molecule has 1 heterocycles. The Bertz CT molecular complexity index is 204. The van der Waals surface area contributed by atoms with Gasteiger partial charge in [-0.15, -0.1) is 5.11 Å². The lowest BCUT2D eigenvalue weighted by Gasteiger charge is -2.27. The van der Waals surface area contributed by atoms with Crippen LogP contribution in [0, 0.1) is 0 Å². The highest BCUT2D eigenvalue weighted by Crippen LogP contribution is 2.38. The van der Waals surface area contributed by atoms with E-state index in [-0.39, 0.29) is 11.4 Å². The van der Waals surface area contributed by atoms with Crippen LogP contribution in [0.15, 0.2) is 10.2 Å². The fourth-order valence-electron chi connectivity index (χ4n) is 2.00. The molecule has 3 heteroatoms. The van der Waals surface area contributed by atoms with Crippen LogP contribution in [0.25, 0.3) is 0 Å². The second-order valence-electron chi connectivity index (χ2n) is 3.56. The van der Waals surface area contributed by atoms with E-state index in [2.05, 4.69) is 10.2 Å². The van der Waals surface area contributed by atoms with Gasteiger partial charge >= 0.3 is 0 Å². The predicted octanol–water partition coefficient (Wildman–Crippen LogP) is 2.07. The van der Waals surface area contributed by atoms with Crippen LogP contribution >= 0.6 is 0 Å². The van der Waals surface area contributed by atoms with E-state index in [9.17, 15) is 4.79 Å². The first kappa shape index (κ1) is 6.95. The van der Waals surface area contributed by atoms with Crippen LogP contribution in [-0.2, 0) is 4.79 Å². The molecule has 1 aliphatic heterocycles. The number of carbonyl (C=O) groups is 1. The van der Waals surface area contributed by atoms with Crippen LogP contribution in [0.5, 0.6) is 0 Å². The lowest BCUT2D eigenvalue weighted by molar-refractivity contribution is -0.117. The number of carbonyl (C=O) groups excluding carboxylic acids is 1. The Kier molecular flexibility index (Phi) is 1.51. The molecule has 0 saturated heterocycles. The summed E-state index contributed by atoms with van der Waals surface area (Å²) in [6.07, 6.45) is 6.45. The number of azo groups is 1. The van der Waals surface area contributed by atoms with Gasteiger partial charge in [0.15, 0.2) is 0 Å². The van der Waals surface area contributed by atoms with E-state index < -0.39 is 0 Å². The Balaban J connectivity index is 2.10. The molecule has 0 bridgehead atoms. The first-order chi connectivity index (χ1) is 5.31. The Hall–Kier alpha value is -0.730. The van der Waals surface area contributed by atoms with Crippen molar-refractivity contribution in [2.75, 3.05) is 0 Å². The lowest BCUT2D eigenvalue weighted by Crippen LogP contribution is -2.27. The molecule has 1 fully saturated rings. The van der Waals surface area contributed by atoms with Crippen LogP contribution in [-0.4, -0.2) is 11.4 Å². The molecular weight excluding hydrogens is 140 g/mol. The standard InChI is InChI=1S/C8H12N2O/c11-7-6-8(10-9-7)4-2-1-3-5-8/h1-6H2. The maximum Gasteiger partial charge on any atom is 0.266 e. The van der Waals surface area contributed by atoms with Crippen LogP contribution in [0.4, 0.5) is 0 Å². The Morgan fingerprint density at radius 2 is 1.91 bits per heavy atom. The summed E-state index contributed by atoms with van der Waals surface area (Å²) < 4.78 is 0. The third-order valence-corrected chi connectivity index (χ3v) is 2.64. The van der Waals surface area contributed by atoms with Gasteiger partial charge in [-0.1, -0.05) is 19.3 Å². The zero-order valence-corrected chi connectivity index (χ0v) is 6.55. The third kappa shape index (κ3) is 1.19. The van der Waals surface area contributed by atoms with Gasteiger partial charge in [-0.25, -0.2) is 0 Å². The average molecular weight is 152 g/mol. The van der Waals surface area contributed by atoms with Crippen molar-refractivity contribution in [2.24, 2.45) is 10.2 Å². The molecule has 0 aromatic rings.